The van der Waals surface area contributed by atoms with E-state index >= 15 is 0 Å². The molecule has 0 bridgehead atoms. The summed E-state index contributed by atoms with van der Waals surface area (Å²) in [6.45, 7) is 1.96. The summed E-state index contributed by atoms with van der Waals surface area (Å²) in [7, 11) is 0. The van der Waals surface area contributed by atoms with Gasteiger partial charge in [-0.2, -0.15) is 4.98 Å². The molecule has 23 heavy (non-hydrogen) atoms. The molecular weight excluding hydrogens is 308 g/mol. The molecule has 5 nitrogen and oxygen atoms in total. The van der Waals surface area contributed by atoms with Gasteiger partial charge in [0, 0.05) is 28.6 Å². The molecule has 0 aliphatic heterocycles. The maximum Gasteiger partial charge on any atom is 0.225 e. The van der Waals surface area contributed by atoms with Crippen LogP contribution in [0.2, 0.25) is 0 Å². The Morgan fingerprint density at radius 3 is 2.83 bits per heavy atom. The Morgan fingerprint density at radius 2 is 2.13 bits per heavy atom. The Labute approximate surface area is 140 Å². The van der Waals surface area contributed by atoms with E-state index in [0.717, 1.165) is 17.2 Å². The zero-order valence-corrected chi connectivity index (χ0v) is 14.2. The van der Waals surface area contributed by atoms with Crippen molar-refractivity contribution in [3.8, 4) is 0 Å². The minimum Gasteiger partial charge on any atom is -0.394 e. The van der Waals surface area contributed by atoms with Crippen LogP contribution in [0.1, 0.15) is 31.4 Å². The molecule has 1 fully saturated rings. The van der Waals surface area contributed by atoms with E-state index in [9.17, 15) is 5.11 Å². The normalized spacial score (nSPS) is 15.3. The molecule has 1 heterocycles. The Hall–Kier alpha value is -1.79. The molecular formula is C17H22N4OS. The number of aliphatic hydroxyl groups excluding tert-OH is 1. The summed E-state index contributed by atoms with van der Waals surface area (Å²) in [5, 5.41) is 15.7. The minimum absolute atomic E-state index is 0.0511. The monoisotopic (exact) mass is 330 g/mol. The van der Waals surface area contributed by atoms with Crippen LogP contribution in [-0.2, 0) is 0 Å². The average Bonchev–Trinajstić information content (AvgIpc) is 3.39. The van der Waals surface area contributed by atoms with Crippen LogP contribution < -0.4 is 10.6 Å². The molecule has 0 saturated heterocycles. The van der Waals surface area contributed by atoms with Crippen molar-refractivity contribution in [2.45, 2.75) is 36.6 Å². The first kappa shape index (κ1) is 16.1. The summed E-state index contributed by atoms with van der Waals surface area (Å²) in [5.41, 5.74) is 2.08. The highest BCUT2D eigenvalue weighted by Crippen LogP contribution is 2.40. The molecule has 3 N–H and O–H groups in total. The van der Waals surface area contributed by atoms with Crippen LogP contribution >= 0.6 is 11.8 Å². The molecule has 0 amide bonds. The average molecular weight is 330 g/mol. The Bertz CT molecular complexity index is 675. The van der Waals surface area contributed by atoms with Crippen LogP contribution in [0.4, 0.5) is 17.5 Å². The van der Waals surface area contributed by atoms with Gasteiger partial charge in [-0.3, -0.25) is 0 Å². The number of hydrogen-bond donors (Lipinski definition) is 3. The van der Waals surface area contributed by atoms with Crippen LogP contribution in [0.3, 0.4) is 0 Å². The van der Waals surface area contributed by atoms with Gasteiger partial charge in [-0.1, -0.05) is 6.07 Å². The third-order valence-electron chi connectivity index (χ3n) is 3.73. The van der Waals surface area contributed by atoms with E-state index in [2.05, 4.69) is 39.0 Å². The van der Waals surface area contributed by atoms with Crippen LogP contribution in [0.25, 0.3) is 0 Å². The van der Waals surface area contributed by atoms with Crippen LogP contribution in [-0.4, -0.2) is 34.0 Å². The smallest absolute Gasteiger partial charge is 0.225 e. The number of aromatic nitrogens is 2. The van der Waals surface area contributed by atoms with E-state index in [-0.39, 0.29) is 12.6 Å². The van der Waals surface area contributed by atoms with Crippen molar-refractivity contribution in [2.75, 3.05) is 23.5 Å². The van der Waals surface area contributed by atoms with Gasteiger partial charge in [-0.05, 0) is 44.2 Å². The Balaban J connectivity index is 1.84. The van der Waals surface area contributed by atoms with Gasteiger partial charge < -0.3 is 15.7 Å². The molecule has 1 aliphatic carbocycles. The number of hydrogen-bond acceptors (Lipinski definition) is 6. The lowest BCUT2D eigenvalue weighted by atomic mass is 10.2. The van der Waals surface area contributed by atoms with E-state index in [4.69, 9.17) is 0 Å². The van der Waals surface area contributed by atoms with Crippen molar-refractivity contribution in [3.05, 3.63) is 36.0 Å². The number of nitrogens with one attached hydrogen (secondary N) is 2. The van der Waals surface area contributed by atoms with Gasteiger partial charge in [-0.25, -0.2) is 4.98 Å². The van der Waals surface area contributed by atoms with Gasteiger partial charge >= 0.3 is 0 Å². The lowest BCUT2D eigenvalue weighted by Crippen LogP contribution is -2.21. The van der Waals surface area contributed by atoms with E-state index in [1.807, 2.05) is 25.1 Å². The first-order chi connectivity index (χ1) is 11.2. The van der Waals surface area contributed by atoms with Gasteiger partial charge in [0.05, 0.1) is 12.3 Å². The lowest BCUT2D eigenvalue weighted by molar-refractivity contribution is 0.281. The fourth-order valence-corrected chi connectivity index (χ4v) is 2.76. The number of nitrogens with zero attached hydrogens (tertiary/aromatic N) is 2. The summed E-state index contributed by atoms with van der Waals surface area (Å²) >= 11 is 1.71. The lowest BCUT2D eigenvalue weighted by Gasteiger charge is -2.14. The Morgan fingerprint density at radius 1 is 1.30 bits per heavy atom. The SMILES string of the molecule is CSc1cccc(Nc2cc(C3CC3)nc(N[C@H](C)CO)n2)c1. The zero-order valence-electron chi connectivity index (χ0n) is 13.4. The molecule has 1 atom stereocenters. The quantitative estimate of drug-likeness (QED) is 0.674. The largest absolute Gasteiger partial charge is 0.394 e. The van der Waals surface area contributed by atoms with Crippen molar-refractivity contribution in [3.63, 3.8) is 0 Å². The summed E-state index contributed by atoms with van der Waals surface area (Å²) in [4.78, 5) is 10.3. The number of aliphatic hydroxyl groups is 1. The standard InChI is InChI=1S/C17H22N4OS/c1-11(10-22)18-17-20-15(12-6-7-12)9-16(21-17)19-13-4-3-5-14(8-13)23-2/h3-5,8-9,11-12,22H,6-7,10H2,1-2H3,(H2,18,19,20,21)/t11-/m1/s1. The first-order valence-electron chi connectivity index (χ1n) is 7.85. The minimum atomic E-state index is -0.0721. The topological polar surface area (TPSA) is 70.1 Å². The summed E-state index contributed by atoms with van der Waals surface area (Å²) < 4.78 is 0. The van der Waals surface area contributed by atoms with Crippen LogP contribution in [0, 0.1) is 0 Å². The number of thioether (sulfide) groups is 1. The van der Waals surface area contributed by atoms with Crippen molar-refractivity contribution in [2.24, 2.45) is 0 Å². The van der Waals surface area contributed by atoms with Crippen molar-refractivity contribution >= 4 is 29.2 Å². The maximum atomic E-state index is 9.21. The fourth-order valence-electron chi connectivity index (χ4n) is 2.30. The zero-order chi connectivity index (χ0) is 16.2. The highest BCUT2D eigenvalue weighted by atomic mass is 32.2. The number of rotatable bonds is 7. The van der Waals surface area contributed by atoms with E-state index in [0.29, 0.717) is 11.9 Å². The molecule has 2 aromatic rings. The van der Waals surface area contributed by atoms with E-state index < -0.39 is 0 Å². The molecule has 0 unspecified atom stereocenters. The van der Waals surface area contributed by atoms with E-state index in [1.165, 1.54) is 17.7 Å². The Kier molecular flexibility index (Phi) is 5.03. The van der Waals surface area contributed by atoms with Gasteiger partial charge in [-0.15, -0.1) is 11.8 Å². The van der Waals surface area contributed by atoms with Crippen molar-refractivity contribution in [1.29, 1.82) is 0 Å². The third-order valence-corrected chi connectivity index (χ3v) is 4.46. The molecule has 6 heteroatoms. The van der Waals surface area contributed by atoms with Crippen LogP contribution in [0.15, 0.2) is 35.2 Å². The second-order valence-corrected chi connectivity index (χ2v) is 6.74. The summed E-state index contributed by atoms with van der Waals surface area (Å²) in [6, 6.07) is 10.2. The predicted molar refractivity (Wildman–Crippen MR) is 95.7 cm³/mol. The fraction of sp³-hybridized carbons (Fsp3) is 0.412. The summed E-state index contributed by atoms with van der Waals surface area (Å²) in [5.74, 6) is 1.90. The highest BCUT2D eigenvalue weighted by molar-refractivity contribution is 7.98. The predicted octanol–water partition coefficient (Wildman–Crippen LogP) is 3.61. The third kappa shape index (κ3) is 4.36. The molecule has 1 aliphatic rings. The van der Waals surface area contributed by atoms with Gasteiger partial charge in [0.25, 0.3) is 0 Å². The van der Waals surface area contributed by atoms with Gasteiger partial charge in [0.1, 0.15) is 5.82 Å². The number of benzene rings is 1. The second-order valence-electron chi connectivity index (χ2n) is 5.86. The molecule has 1 aromatic carbocycles. The molecule has 3 rings (SSSR count). The van der Waals surface area contributed by atoms with Crippen molar-refractivity contribution < 1.29 is 5.11 Å². The van der Waals surface area contributed by atoms with Crippen molar-refractivity contribution in [1.82, 2.24) is 9.97 Å². The molecule has 122 valence electrons. The van der Waals surface area contributed by atoms with E-state index in [1.54, 1.807) is 11.8 Å². The highest BCUT2D eigenvalue weighted by Gasteiger charge is 2.26. The molecule has 1 aromatic heterocycles. The molecule has 1 saturated carbocycles. The maximum absolute atomic E-state index is 9.21. The molecule has 0 spiro atoms. The van der Waals surface area contributed by atoms with Crippen LogP contribution in [0.5, 0.6) is 0 Å². The molecule has 0 radical (unpaired) electrons. The first-order valence-corrected chi connectivity index (χ1v) is 9.08. The summed E-state index contributed by atoms with van der Waals surface area (Å²) in [6.07, 6.45) is 4.44. The second kappa shape index (κ2) is 7.19. The van der Waals surface area contributed by atoms with Gasteiger partial charge in [0.15, 0.2) is 0 Å². The number of anilines is 3. The van der Waals surface area contributed by atoms with Gasteiger partial charge in [0.2, 0.25) is 5.95 Å².